The van der Waals surface area contributed by atoms with E-state index in [2.05, 4.69) is 40.7 Å². The van der Waals surface area contributed by atoms with Gasteiger partial charge in [-0.25, -0.2) is 4.39 Å². The van der Waals surface area contributed by atoms with E-state index < -0.39 is 22.5 Å². The highest BCUT2D eigenvalue weighted by Crippen LogP contribution is 2.75. The van der Waals surface area contributed by atoms with Crippen LogP contribution in [-0.2, 0) is 4.79 Å². The first-order valence-electron chi connectivity index (χ1n) is 13.5. The standard InChI is InChI=1S/C29H45FO3/c1-24(2)19-11-12-29(30)20(18(19)7-10-22(24)31)8-9-21-27(29,5)16-15-26(4)14-13-25(3,23(32)33)17-28(21,26)6/h9,18-20,22,31H,7-8,10-17H2,1-6H3,(H,32,33)/t18?,19?,20?,22?,25-,26?,27?,28?,29-/m0/s1. The molecule has 5 rings (SSSR count). The van der Waals surface area contributed by atoms with Crippen molar-refractivity contribution in [2.24, 2.45) is 44.8 Å². The van der Waals surface area contributed by atoms with Crippen molar-refractivity contribution in [3.8, 4) is 0 Å². The second kappa shape index (κ2) is 6.86. The molecule has 0 radical (unpaired) electrons. The Hall–Kier alpha value is -0.900. The third-order valence-corrected chi connectivity index (χ3v) is 12.7. The summed E-state index contributed by atoms with van der Waals surface area (Å²) in [7, 11) is 0. The normalized spacial score (nSPS) is 55.3. The highest BCUT2D eigenvalue weighted by molar-refractivity contribution is 5.74. The molecular formula is C29H45FO3. The fourth-order valence-electron chi connectivity index (χ4n) is 10.0. The quantitative estimate of drug-likeness (QED) is 0.417. The Morgan fingerprint density at radius 2 is 1.58 bits per heavy atom. The summed E-state index contributed by atoms with van der Waals surface area (Å²) in [5, 5.41) is 20.8. The molecule has 0 aromatic heterocycles. The number of aliphatic carboxylic acids is 1. The summed E-state index contributed by atoms with van der Waals surface area (Å²) in [5.41, 5.74) is -1.67. The Morgan fingerprint density at radius 1 is 0.909 bits per heavy atom. The number of carbonyl (C=O) groups is 1. The van der Waals surface area contributed by atoms with Gasteiger partial charge in [0, 0.05) is 11.3 Å². The van der Waals surface area contributed by atoms with Crippen molar-refractivity contribution in [3.05, 3.63) is 11.6 Å². The molecule has 0 saturated heterocycles. The van der Waals surface area contributed by atoms with Crippen molar-refractivity contribution in [3.63, 3.8) is 0 Å². The lowest BCUT2D eigenvalue weighted by atomic mass is 9.36. The van der Waals surface area contributed by atoms with Gasteiger partial charge in [-0.15, -0.1) is 0 Å². The van der Waals surface area contributed by atoms with E-state index in [0.29, 0.717) is 31.1 Å². The van der Waals surface area contributed by atoms with Crippen LogP contribution in [0.15, 0.2) is 11.6 Å². The highest BCUT2D eigenvalue weighted by atomic mass is 19.1. The lowest BCUT2D eigenvalue weighted by molar-refractivity contribution is -0.189. The van der Waals surface area contributed by atoms with E-state index in [1.54, 1.807) is 0 Å². The fourth-order valence-corrected chi connectivity index (χ4v) is 10.0. The van der Waals surface area contributed by atoms with Crippen molar-refractivity contribution in [1.82, 2.24) is 0 Å². The zero-order chi connectivity index (χ0) is 24.2. The van der Waals surface area contributed by atoms with Gasteiger partial charge in [0.1, 0.15) is 5.67 Å². The summed E-state index contributed by atoms with van der Waals surface area (Å²) in [6.45, 7) is 13.1. The predicted octanol–water partition coefficient (Wildman–Crippen LogP) is 6.94. The third kappa shape index (κ3) is 2.79. The number of carboxylic acids is 1. The first-order chi connectivity index (χ1) is 15.1. The van der Waals surface area contributed by atoms with Gasteiger partial charge in [0.2, 0.25) is 0 Å². The number of allylic oxidation sites excluding steroid dienone is 2. The van der Waals surface area contributed by atoms with Crippen LogP contribution in [0.3, 0.4) is 0 Å². The number of alkyl halides is 1. The maximum absolute atomic E-state index is 17.6. The molecule has 4 heteroatoms. The lowest BCUT2D eigenvalue weighted by Crippen LogP contribution is -2.66. The largest absolute Gasteiger partial charge is 0.481 e. The van der Waals surface area contributed by atoms with Crippen LogP contribution in [0, 0.1) is 44.8 Å². The molecule has 5 aliphatic rings. The number of halogens is 1. The van der Waals surface area contributed by atoms with Gasteiger partial charge >= 0.3 is 5.97 Å². The summed E-state index contributed by atoms with van der Waals surface area (Å²) in [6, 6.07) is 0. The lowest BCUT2D eigenvalue weighted by Gasteiger charge is -2.69. The van der Waals surface area contributed by atoms with Crippen molar-refractivity contribution in [2.75, 3.05) is 0 Å². The van der Waals surface area contributed by atoms with Gasteiger partial charge in [-0.2, -0.15) is 0 Å². The minimum absolute atomic E-state index is 0.0131. The van der Waals surface area contributed by atoms with E-state index in [0.717, 1.165) is 44.9 Å². The van der Waals surface area contributed by atoms with Crippen LogP contribution < -0.4 is 0 Å². The topological polar surface area (TPSA) is 57.5 Å². The fraction of sp³-hybridized carbons (Fsp3) is 0.897. The summed E-state index contributed by atoms with van der Waals surface area (Å²) in [4.78, 5) is 12.3. The van der Waals surface area contributed by atoms with Gasteiger partial charge in [0.05, 0.1) is 11.5 Å². The number of aliphatic hydroxyl groups is 1. The molecule has 4 saturated carbocycles. The molecule has 0 amide bonds. The number of carboxylic acid groups (broad SMARTS) is 1. The summed E-state index contributed by atoms with van der Waals surface area (Å²) >= 11 is 0. The average Bonchev–Trinajstić information content (AvgIpc) is 2.72. The first-order valence-corrected chi connectivity index (χ1v) is 13.5. The molecule has 4 fully saturated rings. The molecule has 9 atom stereocenters. The van der Waals surface area contributed by atoms with E-state index in [1.165, 1.54) is 5.57 Å². The number of rotatable bonds is 1. The highest BCUT2D eigenvalue weighted by Gasteiger charge is 2.70. The van der Waals surface area contributed by atoms with Gasteiger partial charge in [-0.05, 0) is 99.2 Å². The van der Waals surface area contributed by atoms with Crippen LogP contribution in [0.25, 0.3) is 0 Å². The van der Waals surface area contributed by atoms with Crippen molar-refractivity contribution < 1.29 is 19.4 Å². The Kier molecular flexibility index (Phi) is 4.95. The number of fused-ring (bicyclic) bond motifs is 7. The number of aliphatic hydroxyl groups excluding tert-OH is 1. The van der Waals surface area contributed by atoms with E-state index in [1.807, 2.05) is 6.92 Å². The monoisotopic (exact) mass is 460 g/mol. The minimum atomic E-state index is -1.24. The average molecular weight is 461 g/mol. The molecule has 0 aromatic carbocycles. The summed E-state index contributed by atoms with van der Waals surface area (Å²) in [6.07, 6.45) is 10.1. The molecule has 0 aromatic rings. The van der Waals surface area contributed by atoms with Crippen LogP contribution in [0.2, 0.25) is 0 Å². The first kappa shape index (κ1) is 23.8. The smallest absolute Gasteiger partial charge is 0.309 e. The van der Waals surface area contributed by atoms with E-state index in [4.69, 9.17) is 0 Å². The molecule has 0 spiro atoms. The van der Waals surface area contributed by atoms with Crippen LogP contribution in [-0.4, -0.2) is 28.0 Å². The molecule has 3 nitrogen and oxygen atoms in total. The SMILES string of the molecule is CC1(C)C(O)CCC2C1CC[C@]1(F)C2CC=C2C3(C)C[C@@](C)(C(=O)O)CCC3(C)CCC21C. The third-order valence-electron chi connectivity index (χ3n) is 12.7. The van der Waals surface area contributed by atoms with Crippen LogP contribution in [0.1, 0.15) is 106 Å². The van der Waals surface area contributed by atoms with Crippen LogP contribution >= 0.6 is 0 Å². The Balaban J connectivity index is 1.58. The van der Waals surface area contributed by atoms with E-state index >= 15 is 4.39 Å². The second-order valence-electron chi connectivity index (χ2n) is 14.3. The van der Waals surface area contributed by atoms with Crippen LogP contribution in [0.5, 0.6) is 0 Å². The summed E-state index contributed by atoms with van der Waals surface area (Å²) in [5.74, 6) is 0.0154. The Labute approximate surface area is 199 Å². The molecule has 0 aliphatic heterocycles. The molecule has 7 unspecified atom stereocenters. The minimum Gasteiger partial charge on any atom is -0.481 e. The summed E-state index contributed by atoms with van der Waals surface area (Å²) < 4.78 is 17.6. The molecule has 2 N–H and O–H groups in total. The molecule has 5 aliphatic carbocycles. The van der Waals surface area contributed by atoms with Gasteiger partial charge in [-0.3, -0.25) is 4.79 Å². The zero-order valence-corrected chi connectivity index (χ0v) is 21.6. The van der Waals surface area contributed by atoms with E-state index in [9.17, 15) is 15.0 Å². The molecule has 0 heterocycles. The number of hydrogen-bond donors (Lipinski definition) is 2. The van der Waals surface area contributed by atoms with Crippen LogP contribution in [0.4, 0.5) is 4.39 Å². The van der Waals surface area contributed by atoms with Crippen molar-refractivity contribution in [2.45, 2.75) is 118 Å². The number of hydrogen-bond acceptors (Lipinski definition) is 2. The van der Waals surface area contributed by atoms with Gasteiger partial charge < -0.3 is 10.2 Å². The predicted molar refractivity (Wildman–Crippen MR) is 128 cm³/mol. The zero-order valence-electron chi connectivity index (χ0n) is 21.6. The second-order valence-corrected chi connectivity index (χ2v) is 14.3. The molecule has 0 bridgehead atoms. The van der Waals surface area contributed by atoms with Gasteiger partial charge in [0.25, 0.3) is 0 Å². The Morgan fingerprint density at radius 3 is 2.24 bits per heavy atom. The van der Waals surface area contributed by atoms with Gasteiger partial charge in [0.15, 0.2) is 0 Å². The van der Waals surface area contributed by atoms with E-state index in [-0.39, 0.29) is 28.3 Å². The maximum Gasteiger partial charge on any atom is 0.309 e. The van der Waals surface area contributed by atoms with Crippen molar-refractivity contribution >= 4 is 5.97 Å². The molecule has 186 valence electrons. The molecule has 33 heavy (non-hydrogen) atoms. The van der Waals surface area contributed by atoms with Gasteiger partial charge in [-0.1, -0.05) is 46.3 Å². The Bertz CT molecular complexity index is 895. The maximum atomic E-state index is 17.6. The molecular weight excluding hydrogens is 415 g/mol. The van der Waals surface area contributed by atoms with Crippen molar-refractivity contribution in [1.29, 1.82) is 0 Å².